The minimum absolute atomic E-state index is 0.275. The number of rotatable bonds is 6. The summed E-state index contributed by atoms with van der Waals surface area (Å²) in [6, 6.07) is 0. The van der Waals surface area contributed by atoms with E-state index in [0.717, 1.165) is 32.0 Å². The van der Waals surface area contributed by atoms with Gasteiger partial charge in [0.25, 0.3) is 0 Å². The lowest BCUT2D eigenvalue weighted by molar-refractivity contribution is 0.0314. The first-order valence-corrected chi connectivity index (χ1v) is 7.55. The highest BCUT2D eigenvalue weighted by atomic mass is 16.5. The quantitative estimate of drug-likeness (QED) is 0.851. The highest BCUT2D eigenvalue weighted by molar-refractivity contribution is 5.12. The number of nitrogens with zero attached hydrogens (tertiary/aromatic N) is 2. The molecule has 0 spiro atoms. The lowest BCUT2D eigenvalue weighted by Crippen LogP contribution is -2.42. The van der Waals surface area contributed by atoms with Gasteiger partial charge < -0.3 is 10.1 Å². The molecule has 0 amide bonds. The summed E-state index contributed by atoms with van der Waals surface area (Å²) < 4.78 is 8.10. The first kappa shape index (κ1) is 13.1. The summed E-state index contributed by atoms with van der Waals surface area (Å²) in [7, 11) is 2.06. The molecule has 1 N–H and O–H groups in total. The third-order valence-corrected chi connectivity index (χ3v) is 4.65. The van der Waals surface area contributed by atoms with Crippen molar-refractivity contribution in [3.63, 3.8) is 0 Å². The molecule has 2 fully saturated rings. The molecule has 4 heteroatoms. The molecule has 1 saturated heterocycles. The van der Waals surface area contributed by atoms with E-state index in [1.54, 1.807) is 0 Å². The molecule has 1 aromatic rings. The normalized spacial score (nSPS) is 30.9. The molecule has 2 atom stereocenters. The van der Waals surface area contributed by atoms with E-state index < -0.39 is 0 Å². The van der Waals surface area contributed by atoms with E-state index in [-0.39, 0.29) is 5.41 Å². The van der Waals surface area contributed by atoms with Crippen LogP contribution in [0.4, 0.5) is 0 Å². The summed E-state index contributed by atoms with van der Waals surface area (Å²) in [5.74, 6) is 0.803. The van der Waals surface area contributed by atoms with Gasteiger partial charge in [-0.25, -0.2) is 0 Å². The fraction of sp³-hybridized carbons (Fsp3) is 0.800. The zero-order chi connectivity index (χ0) is 13.3. The Hall–Kier alpha value is -0.870. The molecule has 2 aliphatic rings. The largest absolute Gasteiger partial charge is 0.377 e. The molecular weight excluding hydrogens is 238 g/mol. The minimum Gasteiger partial charge on any atom is -0.377 e. The van der Waals surface area contributed by atoms with Gasteiger partial charge in [-0.2, -0.15) is 5.10 Å². The molecule has 2 unspecified atom stereocenters. The van der Waals surface area contributed by atoms with E-state index in [0.29, 0.717) is 6.10 Å². The van der Waals surface area contributed by atoms with Gasteiger partial charge in [-0.3, -0.25) is 4.68 Å². The van der Waals surface area contributed by atoms with Crippen molar-refractivity contribution in [2.75, 3.05) is 20.2 Å². The zero-order valence-corrected chi connectivity index (χ0v) is 12.1. The monoisotopic (exact) mass is 263 g/mol. The maximum absolute atomic E-state index is 6.08. The highest BCUT2D eigenvalue weighted by Crippen LogP contribution is 2.49. The van der Waals surface area contributed by atoms with Gasteiger partial charge in [-0.1, -0.05) is 0 Å². The molecule has 1 aliphatic carbocycles. The Labute approximate surface area is 115 Å². The molecule has 2 heterocycles. The highest BCUT2D eigenvalue weighted by Gasteiger charge is 2.50. The summed E-state index contributed by atoms with van der Waals surface area (Å²) >= 11 is 0. The van der Waals surface area contributed by atoms with Crippen LogP contribution in [0, 0.1) is 11.3 Å². The number of aryl methyl sites for hydroxylation is 1. The Kier molecular flexibility index (Phi) is 3.63. The van der Waals surface area contributed by atoms with Crippen molar-refractivity contribution in [2.45, 2.75) is 45.3 Å². The van der Waals surface area contributed by atoms with Crippen molar-refractivity contribution >= 4 is 0 Å². The van der Waals surface area contributed by atoms with Crippen molar-refractivity contribution in [1.82, 2.24) is 15.1 Å². The molecule has 1 aromatic heterocycles. The van der Waals surface area contributed by atoms with E-state index in [1.807, 2.05) is 10.9 Å². The van der Waals surface area contributed by atoms with Gasteiger partial charge in [0.05, 0.1) is 12.3 Å². The van der Waals surface area contributed by atoms with Crippen LogP contribution in [0.5, 0.6) is 0 Å². The third kappa shape index (κ3) is 2.56. The van der Waals surface area contributed by atoms with Crippen molar-refractivity contribution in [2.24, 2.45) is 11.3 Å². The molecule has 1 aliphatic heterocycles. The Morgan fingerprint density at radius 2 is 2.37 bits per heavy atom. The molecule has 0 radical (unpaired) electrons. The van der Waals surface area contributed by atoms with Crippen LogP contribution >= 0.6 is 0 Å². The van der Waals surface area contributed by atoms with E-state index in [4.69, 9.17) is 4.74 Å². The second kappa shape index (κ2) is 5.25. The first-order chi connectivity index (χ1) is 9.27. The van der Waals surface area contributed by atoms with Crippen molar-refractivity contribution in [1.29, 1.82) is 0 Å². The van der Waals surface area contributed by atoms with Crippen LogP contribution in [0.3, 0.4) is 0 Å². The summed E-state index contributed by atoms with van der Waals surface area (Å²) in [5.41, 5.74) is 1.63. The fourth-order valence-corrected chi connectivity index (χ4v) is 3.61. The van der Waals surface area contributed by atoms with Crippen LogP contribution in [0.15, 0.2) is 12.4 Å². The van der Waals surface area contributed by atoms with Crippen molar-refractivity contribution in [3.8, 4) is 0 Å². The summed E-state index contributed by atoms with van der Waals surface area (Å²) in [6.07, 6.45) is 9.64. The smallest absolute Gasteiger partial charge is 0.0675 e. The molecule has 0 bridgehead atoms. The van der Waals surface area contributed by atoms with Gasteiger partial charge in [0.2, 0.25) is 0 Å². The maximum atomic E-state index is 6.08. The zero-order valence-electron chi connectivity index (χ0n) is 12.1. The molecule has 106 valence electrons. The van der Waals surface area contributed by atoms with Crippen molar-refractivity contribution < 1.29 is 4.74 Å². The van der Waals surface area contributed by atoms with Gasteiger partial charge in [-0.05, 0) is 51.1 Å². The minimum atomic E-state index is 0.275. The first-order valence-electron chi connectivity index (χ1n) is 7.55. The van der Waals surface area contributed by atoms with E-state index in [2.05, 4.69) is 30.6 Å². The van der Waals surface area contributed by atoms with Crippen LogP contribution < -0.4 is 5.32 Å². The average molecular weight is 263 g/mol. The average Bonchev–Trinajstić information content (AvgIpc) is 3.02. The lowest BCUT2D eigenvalue weighted by Gasteiger charge is -2.34. The predicted octanol–water partition coefficient (Wildman–Crippen LogP) is 1.85. The SMILES string of the molecule is CCn1cc(CC2(CNC)CCOC2C2CC2)cn1. The molecule has 0 aromatic carbocycles. The van der Waals surface area contributed by atoms with Gasteiger partial charge in [0.15, 0.2) is 0 Å². The van der Waals surface area contributed by atoms with E-state index >= 15 is 0 Å². The second-order valence-corrected chi connectivity index (χ2v) is 6.15. The lowest BCUT2D eigenvalue weighted by atomic mass is 9.74. The van der Waals surface area contributed by atoms with Crippen LogP contribution in [0.25, 0.3) is 0 Å². The second-order valence-electron chi connectivity index (χ2n) is 6.15. The molecule has 19 heavy (non-hydrogen) atoms. The Balaban J connectivity index is 1.79. The van der Waals surface area contributed by atoms with Gasteiger partial charge >= 0.3 is 0 Å². The number of hydrogen-bond acceptors (Lipinski definition) is 3. The van der Waals surface area contributed by atoms with Crippen LogP contribution in [-0.2, 0) is 17.7 Å². The summed E-state index contributed by atoms with van der Waals surface area (Å²) in [6.45, 7) is 5.05. The molecular formula is C15H25N3O. The Morgan fingerprint density at radius 3 is 3.00 bits per heavy atom. The van der Waals surface area contributed by atoms with Gasteiger partial charge in [0.1, 0.15) is 0 Å². The third-order valence-electron chi connectivity index (χ3n) is 4.65. The number of nitrogens with one attached hydrogen (secondary N) is 1. The molecule has 3 rings (SSSR count). The Morgan fingerprint density at radius 1 is 1.53 bits per heavy atom. The fourth-order valence-electron chi connectivity index (χ4n) is 3.61. The summed E-state index contributed by atoms with van der Waals surface area (Å²) in [5, 5.41) is 7.81. The van der Waals surface area contributed by atoms with Crippen LogP contribution in [-0.4, -0.2) is 36.1 Å². The van der Waals surface area contributed by atoms with E-state index in [1.165, 1.54) is 24.8 Å². The molecule has 1 saturated carbocycles. The topological polar surface area (TPSA) is 39.1 Å². The summed E-state index contributed by atoms with van der Waals surface area (Å²) in [4.78, 5) is 0. The predicted molar refractivity (Wildman–Crippen MR) is 75.0 cm³/mol. The number of hydrogen-bond donors (Lipinski definition) is 1. The number of ether oxygens (including phenoxy) is 1. The number of aromatic nitrogens is 2. The van der Waals surface area contributed by atoms with Gasteiger partial charge in [-0.15, -0.1) is 0 Å². The standard InChI is InChI=1S/C15H25N3O/c1-3-18-10-12(9-17-18)8-15(11-16-2)6-7-19-14(15)13-4-5-13/h9-10,13-14,16H,3-8,11H2,1-2H3. The van der Waals surface area contributed by atoms with Crippen LogP contribution in [0.2, 0.25) is 0 Å². The molecule has 4 nitrogen and oxygen atoms in total. The van der Waals surface area contributed by atoms with Gasteiger partial charge in [0, 0.05) is 31.3 Å². The van der Waals surface area contributed by atoms with Crippen LogP contribution in [0.1, 0.15) is 31.7 Å². The van der Waals surface area contributed by atoms with E-state index in [9.17, 15) is 0 Å². The van der Waals surface area contributed by atoms with Crippen molar-refractivity contribution in [3.05, 3.63) is 18.0 Å². The Bertz CT molecular complexity index is 427. The maximum Gasteiger partial charge on any atom is 0.0675 e.